The molecule has 0 saturated heterocycles. The third-order valence-electron chi connectivity index (χ3n) is 3.97. The van der Waals surface area contributed by atoms with Gasteiger partial charge in [-0.3, -0.25) is 4.79 Å². The summed E-state index contributed by atoms with van der Waals surface area (Å²) in [5, 5.41) is 10.2. The molecule has 1 unspecified atom stereocenters. The second-order valence-electron chi connectivity index (χ2n) is 5.81. The molecule has 0 amide bonds. The molecule has 1 atom stereocenters. The second-order valence-corrected chi connectivity index (χ2v) is 6.25. The number of rotatable bonds is 9. The van der Waals surface area contributed by atoms with E-state index in [4.69, 9.17) is 16.3 Å². The average molecular weight is 347 g/mol. The van der Waals surface area contributed by atoms with Crippen LogP contribution in [0.15, 0.2) is 48.5 Å². The lowest BCUT2D eigenvalue weighted by atomic mass is 9.92. The van der Waals surface area contributed by atoms with Gasteiger partial charge >= 0.3 is 5.97 Å². The van der Waals surface area contributed by atoms with E-state index in [9.17, 15) is 9.90 Å². The summed E-state index contributed by atoms with van der Waals surface area (Å²) in [6.07, 6.45) is 3.67. The number of hydrogen-bond donors (Lipinski definition) is 1. The smallest absolute Gasteiger partial charge is 0.311 e. The molecule has 0 fully saturated rings. The van der Waals surface area contributed by atoms with Crippen LogP contribution >= 0.6 is 11.6 Å². The molecule has 4 heteroatoms. The predicted octanol–water partition coefficient (Wildman–Crippen LogP) is 5.32. The molecule has 2 rings (SSSR count). The lowest BCUT2D eigenvalue weighted by molar-refractivity contribution is -0.138. The van der Waals surface area contributed by atoms with Crippen LogP contribution in [-0.4, -0.2) is 17.7 Å². The van der Waals surface area contributed by atoms with Crippen LogP contribution in [0.5, 0.6) is 5.75 Å². The lowest BCUT2D eigenvalue weighted by Gasteiger charge is -2.16. The maximum Gasteiger partial charge on any atom is 0.311 e. The van der Waals surface area contributed by atoms with Gasteiger partial charge in [0.15, 0.2) is 0 Å². The average Bonchev–Trinajstić information content (AvgIpc) is 2.58. The molecule has 0 aliphatic rings. The Morgan fingerprint density at radius 2 is 1.83 bits per heavy atom. The molecule has 0 aromatic heterocycles. The van der Waals surface area contributed by atoms with Gasteiger partial charge in [0, 0.05) is 5.02 Å². The molecule has 128 valence electrons. The molecule has 1 N–H and O–H groups in total. The van der Waals surface area contributed by atoms with Gasteiger partial charge in [0.05, 0.1) is 12.5 Å². The van der Waals surface area contributed by atoms with E-state index in [1.54, 1.807) is 24.3 Å². The van der Waals surface area contributed by atoms with Crippen molar-refractivity contribution in [2.75, 3.05) is 6.61 Å². The van der Waals surface area contributed by atoms with Crippen molar-refractivity contribution < 1.29 is 14.6 Å². The topological polar surface area (TPSA) is 46.5 Å². The highest BCUT2D eigenvalue weighted by atomic mass is 35.5. The Bertz CT molecular complexity index is 652. The number of carboxylic acid groups (broad SMARTS) is 1. The fourth-order valence-electron chi connectivity index (χ4n) is 2.61. The van der Waals surface area contributed by atoms with Gasteiger partial charge in [-0.05, 0) is 42.2 Å². The van der Waals surface area contributed by atoms with Crippen LogP contribution in [0.3, 0.4) is 0 Å². The number of aliphatic carboxylic acids is 1. The molecule has 2 aromatic carbocycles. The molecular formula is C20H23ClO3. The number of benzene rings is 2. The Morgan fingerprint density at radius 1 is 1.12 bits per heavy atom. The number of hydrogen-bond acceptors (Lipinski definition) is 2. The molecule has 3 nitrogen and oxygen atoms in total. The largest absolute Gasteiger partial charge is 0.493 e. The van der Waals surface area contributed by atoms with Crippen LogP contribution in [0.25, 0.3) is 0 Å². The van der Waals surface area contributed by atoms with E-state index >= 15 is 0 Å². The van der Waals surface area contributed by atoms with Gasteiger partial charge in [-0.25, -0.2) is 0 Å². The van der Waals surface area contributed by atoms with Crippen LogP contribution in [0.1, 0.15) is 43.2 Å². The maximum absolute atomic E-state index is 11.7. The summed E-state index contributed by atoms with van der Waals surface area (Å²) in [6, 6.07) is 14.6. The standard InChI is InChI=1S/C20H23ClO3/c1-2-3-6-13-24-19-8-5-4-7-16(19)14-18(20(22)23)15-9-11-17(21)12-10-15/h4-5,7-12,18H,2-3,6,13-14H2,1H3,(H,22,23). The summed E-state index contributed by atoms with van der Waals surface area (Å²) in [5.74, 6) is -0.699. The van der Waals surface area contributed by atoms with Gasteiger partial charge in [0.2, 0.25) is 0 Å². The highest BCUT2D eigenvalue weighted by molar-refractivity contribution is 6.30. The third kappa shape index (κ3) is 5.27. The Kier molecular flexibility index (Phi) is 7.13. The number of para-hydroxylation sites is 1. The van der Waals surface area contributed by atoms with E-state index < -0.39 is 11.9 Å². The Labute approximate surface area is 148 Å². The molecule has 0 aliphatic heterocycles. The molecule has 0 aliphatic carbocycles. The minimum atomic E-state index is -0.849. The predicted molar refractivity (Wildman–Crippen MR) is 97.0 cm³/mol. The summed E-state index contributed by atoms with van der Waals surface area (Å²) >= 11 is 5.90. The zero-order chi connectivity index (χ0) is 17.4. The van der Waals surface area contributed by atoms with Crippen LogP contribution in [-0.2, 0) is 11.2 Å². The monoisotopic (exact) mass is 346 g/mol. The first-order valence-corrected chi connectivity index (χ1v) is 8.68. The summed E-state index contributed by atoms with van der Waals surface area (Å²) in [7, 11) is 0. The number of carboxylic acids is 1. The van der Waals surface area contributed by atoms with Crippen molar-refractivity contribution in [3.63, 3.8) is 0 Å². The van der Waals surface area contributed by atoms with Crippen LogP contribution in [0.2, 0.25) is 5.02 Å². The Balaban J connectivity index is 2.14. The van der Waals surface area contributed by atoms with Gasteiger partial charge in [-0.1, -0.05) is 61.7 Å². The van der Waals surface area contributed by atoms with Crippen molar-refractivity contribution in [2.45, 2.75) is 38.5 Å². The van der Waals surface area contributed by atoms with Gasteiger partial charge < -0.3 is 9.84 Å². The van der Waals surface area contributed by atoms with Crippen LogP contribution in [0.4, 0.5) is 0 Å². The summed E-state index contributed by atoms with van der Waals surface area (Å²) in [5.41, 5.74) is 1.66. The fraction of sp³-hybridized carbons (Fsp3) is 0.350. The van der Waals surface area contributed by atoms with E-state index in [1.165, 1.54) is 0 Å². The van der Waals surface area contributed by atoms with E-state index in [2.05, 4.69) is 6.92 Å². The number of halogens is 1. The quantitative estimate of drug-likeness (QED) is 0.625. The summed E-state index contributed by atoms with van der Waals surface area (Å²) in [4.78, 5) is 11.7. The van der Waals surface area contributed by atoms with Crippen molar-refractivity contribution in [3.8, 4) is 5.75 Å². The highest BCUT2D eigenvalue weighted by Crippen LogP contribution is 2.28. The fourth-order valence-corrected chi connectivity index (χ4v) is 2.74. The SMILES string of the molecule is CCCCCOc1ccccc1CC(C(=O)O)c1ccc(Cl)cc1. The van der Waals surface area contributed by atoms with E-state index in [1.807, 2.05) is 24.3 Å². The third-order valence-corrected chi connectivity index (χ3v) is 4.22. The molecule has 2 aromatic rings. The van der Waals surface area contributed by atoms with Gasteiger partial charge in [0.1, 0.15) is 5.75 Å². The first kappa shape index (κ1) is 18.3. The molecule has 0 bridgehead atoms. The lowest BCUT2D eigenvalue weighted by Crippen LogP contribution is -2.15. The normalized spacial score (nSPS) is 11.9. The van der Waals surface area contributed by atoms with Crippen molar-refractivity contribution >= 4 is 17.6 Å². The zero-order valence-electron chi connectivity index (χ0n) is 13.9. The summed E-state index contributed by atoms with van der Waals surface area (Å²) in [6.45, 7) is 2.81. The summed E-state index contributed by atoms with van der Waals surface area (Å²) < 4.78 is 5.86. The number of unbranched alkanes of at least 4 members (excludes halogenated alkanes) is 2. The zero-order valence-corrected chi connectivity index (χ0v) is 14.6. The van der Waals surface area contributed by atoms with Crippen LogP contribution in [0, 0.1) is 0 Å². The molecule has 0 saturated carbocycles. The highest BCUT2D eigenvalue weighted by Gasteiger charge is 2.22. The van der Waals surface area contributed by atoms with Crippen molar-refractivity contribution in [1.82, 2.24) is 0 Å². The molecule has 0 radical (unpaired) electrons. The second kappa shape index (κ2) is 9.33. The molecule has 0 heterocycles. The van der Waals surface area contributed by atoms with Crippen molar-refractivity contribution in [1.29, 1.82) is 0 Å². The molecule has 24 heavy (non-hydrogen) atoms. The van der Waals surface area contributed by atoms with Gasteiger partial charge in [-0.2, -0.15) is 0 Å². The van der Waals surface area contributed by atoms with Crippen molar-refractivity contribution in [2.24, 2.45) is 0 Å². The maximum atomic E-state index is 11.7. The minimum absolute atomic E-state index is 0.390. The molecule has 0 spiro atoms. The Hall–Kier alpha value is -2.00. The Morgan fingerprint density at radius 3 is 2.50 bits per heavy atom. The number of ether oxygens (including phenoxy) is 1. The molecular weight excluding hydrogens is 324 g/mol. The first-order chi connectivity index (χ1) is 11.6. The first-order valence-electron chi connectivity index (χ1n) is 8.30. The van der Waals surface area contributed by atoms with E-state index in [0.717, 1.165) is 36.1 Å². The minimum Gasteiger partial charge on any atom is -0.493 e. The van der Waals surface area contributed by atoms with Crippen LogP contribution < -0.4 is 4.74 Å². The van der Waals surface area contributed by atoms with E-state index in [0.29, 0.717) is 18.1 Å². The van der Waals surface area contributed by atoms with Gasteiger partial charge in [-0.15, -0.1) is 0 Å². The van der Waals surface area contributed by atoms with E-state index in [-0.39, 0.29) is 0 Å². The number of carbonyl (C=O) groups is 1. The van der Waals surface area contributed by atoms with Crippen molar-refractivity contribution in [3.05, 3.63) is 64.7 Å². The van der Waals surface area contributed by atoms with Gasteiger partial charge in [0.25, 0.3) is 0 Å².